The number of rotatable bonds is 13. The number of carboxylic acid groups (broad SMARTS) is 1. The Morgan fingerprint density at radius 2 is 1.07 bits per heavy atom. The molecular weight excluding hydrogens is 732 g/mol. The summed E-state index contributed by atoms with van der Waals surface area (Å²) in [6.07, 6.45) is 11.1. The zero-order valence-corrected chi connectivity index (χ0v) is 32.5. The van der Waals surface area contributed by atoms with Crippen molar-refractivity contribution in [3.8, 4) is 0 Å². The Labute approximate surface area is 333 Å². The molecule has 15 heteroatoms. The van der Waals surface area contributed by atoms with Crippen LogP contribution in [0.25, 0.3) is 0 Å². The molecule has 2 aromatic rings. The lowest BCUT2D eigenvalue weighted by Crippen LogP contribution is -2.50. The lowest BCUT2D eigenvalue weighted by Gasteiger charge is -2.29. The van der Waals surface area contributed by atoms with Crippen molar-refractivity contribution in [1.82, 2.24) is 25.2 Å². The Balaban J connectivity index is 0.000000164. The lowest BCUT2D eigenvalue weighted by molar-refractivity contribution is -0.143. The highest BCUT2D eigenvalue weighted by molar-refractivity contribution is 5.92. The summed E-state index contributed by atoms with van der Waals surface area (Å²) in [7, 11) is 0. The van der Waals surface area contributed by atoms with Gasteiger partial charge in [0.1, 0.15) is 31.1 Å². The molecule has 4 aliphatic heterocycles. The summed E-state index contributed by atoms with van der Waals surface area (Å²) in [5.41, 5.74) is 7.17. The van der Waals surface area contributed by atoms with Gasteiger partial charge in [0, 0.05) is 24.9 Å². The quantitative estimate of drug-likeness (QED) is 0.262. The minimum Gasteiger partial charge on any atom is -0.480 e. The van der Waals surface area contributed by atoms with Gasteiger partial charge in [-0.2, -0.15) is 10.1 Å². The first-order valence-corrected chi connectivity index (χ1v) is 20.4. The summed E-state index contributed by atoms with van der Waals surface area (Å²) in [4.78, 5) is 86.1. The van der Waals surface area contributed by atoms with E-state index in [1.807, 2.05) is 60.7 Å². The molecule has 4 atom stereocenters. The minimum atomic E-state index is -0.943. The van der Waals surface area contributed by atoms with Crippen molar-refractivity contribution in [1.29, 1.82) is 0 Å². The van der Waals surface area contributed by atoms with Crippen LogP contribution in [0, 0.1) is 11.8 Å². The molecule has 2 aromatic carbocycles. The molecule has 6 fully saturated rings. The standard InChI is InChI=1S/C21H27N3O4.C14H16N2O4.C7H13NO/c25-19(16-8-4-5-9-16)12-22-20(26)18-11-10-17-13-23(18)21(27)24(17)28-14-15-6-2-1-3-7-15;17-13(18)12-7-6-11-8-15(12)14(19)16(11)20-9-10-4-2-1-3-5-10;8-5-7(9)6-3-1-2-4-6/h1-3,6-7,16-18H,4-5,8-14H2,(H,22,26);1-5,11-12H,6-9H2,(H,17,18);6H,1-5,8H2/t17-,18+;11-,12+;/m11./s1. The predicted molar refractivity (Wildman–Crippen MR) is 208 cm³/mol. The van der Waals surface area contributed by atoms with E-state index in [2.05, 4.69) is 5.32 Å². The summed E-state index contributed by atoms with van der Waals surface area (Å²) in [6.45, 7) is 1.87. The van der Waals surface area contributed by atoms with Gasteiger partial charge in [-0.25, -0.2) is 14.4 Å². The summed E-state index contributed by atoms with van der Waals surface area (Å²) in [6, 6.07) is 17.4. The van der Waals surface area contributed by atoms with Crippen molar-refractivity contribution >= 4 is 35.5 Å². The van der Waals surface area contributed by atoms with Crippen LogP contribution < -0.4 is 11.1 Å². The lowest BCUT2D eigenvalue weighted by atomic mass is 9.99. The molecule has 5 amide bonds. The largest absolute Gasteiger partial charge is 0.480 e. The number of urea groups is 2. The number of hydrogen-bond acceptors (Lipinski definition) is 9. The fourth-order valence-electron chi connectivity index (χ4n) is 8.66. The first-order valence-electron chi connectivity index (χ1n) is 20.4. The molecule has 308 valence electrons. The van der Waals surface area contributed by atoms with Gasteiger partial charge in [0.15, 0.2) is 5.78 Å². The molecule has 0 unspecified atom stereocenters. The van der Waals surface area contributed by atoms with Crippen molar-refractivity contribution in [3.05, 3.63) is 71.8 Å². The molecule has 4 saturated heterocycles. The maximum atomic E-state index is 12.8. The van der Waals surface area contributed by atoms with E-state index in [0.717, 1.165) is 49.7 Å². The molecule has 4 bridgehead atoms. The number of aliphatic carboxylic acids is 1. The molecule has 2 aliphatic carbocycles. The Morgan fingerprint density at radius 3 is 1.53 bits per heavy atom. The predicted octanol–water partition coefficient (Wildman–Crippen LogP) is 4.44. The van der Waals surface area contributed by atoms with Crippen LogP contribution in [0.3, 0.4) is 0 Å². The number of Topliss-reactive ketones (excluding diaryl/α,β-unsaturated/α-hetero) is 2. The number of carboxylic acids is 1. The molecule has 4 N–H and O–H groups in total. The highest BCUT2D eigenvalue weighted by atomic mass is 16.7. The maximum Gasteiger partial charge on any atom is 0.345 e. The average Bonchev–Trinajstić information content (AvgIpc) is 4.06. The fourth-order valence-corrected chi connectivity index (χ4v) is 8.66. The number of benzene rings is 2. The first-order chi connectivity index (χ1) is 27.6. The summed E-state index contributed by atoms with van der Waals surface area (Å²) in [5, 5.41) is 14.6. The summed E-state index contributed by atoms with van der Waals surface area (Å²) in [5.74, 6) is -0.404. The van der Waals surface area contributed by atoms with E-state index < -0.39 is 18.1 Å². The van der Waals surface area contributed by atoms with E-state index in [-0.39, 0.29) is 60.6 Å². The van der Waals surface area contributed by atoms with E-state index >= 15 is 0 Å². The third-order valence-corrected chi connectivity index (χ3v) is 11.9. The zero-order chi connectivity index (χ0) is 40.3. The number of fused-ring (bicyclic) bond motifs is 4. The number of nitrogens with two attached hydrogens (primary N) is 1. The Morgan fingerprint density at radius 1 is 0.632 bits per heavy atom. The van der Waals surface area contributed by atoms with E-state index in [0.29, 0.717) is 57.9 Å². The maximum absolute atomic E-state index is 12.8. The molecule has 2 saturated carbocycles. The number of piperidine rings is 2. The fraction of sp³-hybridized carbons (Fsp3) is 0.571. The van der Waals surface area contributed by atoms with Crippen LogP contribution >= 0.6 is 0 Å². The molecule has 4 heterocycles. The number of ketones is 2. The van der Waals surface area contributed by atoms with Gasteiger partial charge in [0.05, 0.1) is 25.2 Å². The number of amides is 5. The van der Waals surface area contributed by atoms with Crippen LogP contribution in [0.2, 0.25) is 0 Å². The number of carbonyl (C=O) groups is 6. The van der Waals surface area contributed by atoms with Crippen LogP contribution in [0.5, 0.6) is 0 Å². The van der Waals surface area contributed by atoms with Crippen molar-refractivity contribution < 1.29 is 43.5 Å². The third-order valence-electron chi connectivity index (χ3n) is 11.9. The average molecular weight is 789 g/mol. The van der Waals surface area contributed by atoms with E-state index in [4.69, 9.17) is 20.5 Å². The Kier molecular flexibility index (Phi) is 14.7. The van der Waals surface area contributed by atoms with Crippen LogP contribution in [-0.4, -0.2) is 111 Å². The van der Waals surface area contributed by atoms with Crippen molar-refractivity contribution in [3.63, 3.8) is 0 Å². The van der Waals surface area contributed by atoms with Gasteiger partial charge in [-0.1, -0.05) is 86.3 Å². The van der Waals surface area contributed by atoms with Crippen LogP contribution in [0.4, 0.5) is 9.59 Å². The second kappa shape index (κ2) is 20.0. The Bertz CT molecular complexity index is 1700. The Hall–Kier alpha value is -4.86. The SMILES string of the molecule is NCC(=O)C1CCCC1.O=C(CNC(=O)[C@@H]1CC[C@@H]2CN1C(=O)N2OCc1ccccc1)C1CCCC1.O=C(O)[C@@H]1CC[C@@H]2CN1C(=O)N2OCc1ccccc1. The van der Waals surface area contributed by atoms with Crippen LogP contribution in [0.1, 0.15) is 88.2 Å². The molecular formula is C42H56N6O9. The molecule has 6 aliphatic rings. The van der Waals surface area contributed by atoms with Gasteiger partial charge in [0.25, 0.3) is 0 Å². The second-order valence-electron chi connectivity index (χ2n) is 15.7. The van der Waals surface area contributed by atoms with E-state index in [9.17, 15) is 28.8 Å². The molecule has 57 heavy (non-hydrogen) atoms. The summed E-state index contributed by atoms with van der Waals surface area (Å²) < 4.78 is 0. The van der Waals surface area contributed by atoms with Gasteiger partial charge in [-0.15, -0.1) is 0 Å². The van der Waals surface area contributed by atoms with E-state index in [1.54, 1.807) is 4.90 Å². The van der Waals surface area contributed by atoms with Crippen molar-refractivity contribution in [2.24, 2.45) is 17.6 Å². The molecule has 15 nitrogen and oxygen atoms in total. The number of carbonyl (C=O) groups excluding carboxylic acids is 5. The topological polar surface area (TPSA) is 192 Å². The smallest absolute Gasteiger partial charge is 0.345 e. The van der Waals surface area contributed by atoms with Gasteiger partial charge >= 0.3 is 18.0 Å². The molecule has 0 aromatic heterocycles. The number of hydrogen-bond donors (Lipinski definition) is 3. The molecule has 0 radical (unpaired) electrons. The monoisotopic (exact) mass is 788 g/mol. The number of nitrogens with one attached hydrogen (secondary N) is 1. The third kappa shape index (κ3) is 10.6. The summed E-state index contributed by atoms with van der Waals surface area (Å²) >= 11 is 0. The van der Waals surface area contributed by atoms with Gasteiger partial charge in [0.2, 0.25) is 5.91 Å². The first kappa shape index (κ1) is 41.8. The zero-order valence-electron chi connectivity index (χ0n) is 32.5. The second-order valence-corrected chi connectivity index (χ2v) is 15.7. The number of nitrogens with zero attached hydrogens (tertiary/aromatic N) is 4. The molecule has 0 spiro atoms. The minimum absolute atomic E-state index is 0.0274. The van der Waals surface area contributed by atoms with Crippen molar-refractivity contribution in [2.45, 2.75) is 114 Å². The van der Waals surface area contributed by atoms with Gasteiger partial charge in [-0.3, -0.25) is 24.1 Å². The number of hydroxylamine groups is 4. The highest BCUT2D eigenvalue weighted by Gasteiger charge is 2.49. The van der Waals surface area contributed by atoms with Crippen LogP contribution in [-0.2, 0) is 42.1 Å². The van der Waals surface area contributed by atoms with Gasteiger partial charge in [-0.05, 0) is 62.5 Å². The highest BCUT2D eigenvalue weighted by Crippen LogP contribution is 2.32. The molecule has 8 rings (SSSR count). The van der Waals surface area contributed by atoms with Crippen LogP contribution in [0.15, 0.2) is 60.7 Å². The van der Waals surface area contributed by atoms with Gasteiger partial charge < -0.3 is 26.0 Å². The van der Waals surface area contributed by atoms with E-state index in [1.165, 1.54) is 27.9 Å². The van der Waals surface area contributed by atoms with Crippen molar-refractivity contribution in [2.75, 3.05) is 26.2 Å². The normalized spacial score (nSPS) is 24.2.